The molecule has 1 heterocycles. The highest BCUT2D eigenvalue weighted by atomic mass is 16.6. The summed E-state index contributed by atoms with van der Waals surface area (Å²) in [6.07, 6.45) is 13.1. The minimum Gasteiger partial charge on any atom is -0.497 e. The Morgan fingerprint density at radius 3 is 2.14 bits per heavy atom. The van der Waals surface area contributed by atoms with Crippen LogP contribution in [0, 0.1) is 11.8 Å². The smallest absolute Gasteiger partial charge is 0.143 e. The molecular formula is C25H38O4. The van der Waals surface area contributed by atoms with Gasteiger partial charge in [-0.15, -0.1) is 5.92 Å². The first-order chi connectivity index (χ1) is 14.2. The van der Waals surface area contributed by atoms with Crippen molar-refractivity contribution in [2.75, 3.05) is 13.7 Å². The van der Waals surface area contributed by atoms with E-state index in [1.165, 1.54) is 57.8 Å². The van der Waals surface area contributed by atoms with E-state index >= 15 is 0 Å². The summed E-state index contributed by atoms with van der Waals surface area (Å²) in [6.45, 7) is 2.69. The van der Waals surface area contributed by atoms with Gasteiger partial charge in [-0.05, 0) is 30.7 Å². The van der Waals surface area contributed by atoms with Crippen molar-refractivity contribution in [1.29, 1.82) is 0 Å². The molecule has 29 heavy (non-hydrogen) atoms. The third-order valence-corrected chi connectivity index (χ3v) is 5.31. The van der Waals surface area contributed by atoms with Crippen LogP contribution in [0.15, 0.2) is 24.3 Å². The lowest BCUT2D eigenvalue weighted by Crippen LogP contribution is -2.18. The summed E-state index contributed by atoms with van der Waals surface area (Å²) in [5.41, 5.74) is 0. The highest BCUT2D eigenvalue weighted by molar-refractivity contribution is 5.31. The zero-order valence-corrected chi connectivity index (χ0v) is 18.2. The fourth-order valence-corrected chi connectivity index (χ4v) is 3.38. The average molecular weight is 403 g/mol. The molecule has 3 atom stereocenters. The van der Waals surface area contributed by atoms with Gasteiger partial charge in [0.15, 0.2) is 0 Å². The number of hydrogen-bond acceptors (Lipinski definition) is 4. The number of aliphatic hydroxyl groups is 1. The molecule has 1 aromatic carbocycles. The molecule has 0 saturated carbocycles. The maximum atomic E-state index is 10.1. The lowest BCUT2D eigenvalue weighted by Gasteiger charge is -2.05. The van der Waals surface area contributed by atoms with Crippen molar-refractivity contribution < 1.29 is 19.3 Å². The molecule has 0 spiro atoms. The number of unbranched alkanes of at least 4 members (excludes halogenated alkanes) is 10. The van der Waals surface area contributed by atoms with Crippen LogP contribution in [0.4, 0.5) is 0 Å². The summed E-state index contributed by atoms with van der Waals surface area (Å²) in [5.74, 6) is 7.59. The molecule has 1 aromatic rings. The molecule has 0 radical (unpaired) electrons. The normalized spacial score (nSPS) is 18.6. The Bertz CT molecular complexity index is 601. The number of aliphatic hydroxyl groups excluding tert-OH is 1. The number of rotatable bonds is 15. The fraction of sp³-hybridized carbons (Fsp3) is 0.680. The van der Waals surface area contributed by atoms with Crippen LogP contribution in [0.25, 0.3) is 0 Å². The Morgan fingerprint density at radius 2 is 1.52 bits per heavy atom. The maximum absolute atomic E-state index is 10.1. The molecular weight excluding hydrogens is 364 g/mol. The zero-order chi connectivity index (χ0) is 20.7. The highest BCUT2D eigenvalue weighted by Crippen LogP contribution is 2.27. The van der Waals surface area contributed by atoms with Crippen molar-refractivity contribution in [2.45, 2.75) is 95.9 Å². The molecule has 0 amide bonds. The Morgan fingerprint density at radius 1 is 0.931 bits per heavy atom. The zero-order valence-electron chi connectivity index (χ0n) is 18.2. The van der Waals surface area contributed by atoms with Crippen LogP contribution in [0.2, 0.25) is 0 Å². The Balaban J connectivity index is 1.46. The van der Waals surface area contributed by atoms with Crippen molar-refractivity contribution in [3.05, 3.63) is 24.3 Å². The van der Waals surface area contributed by atoms with Crippen molar-refractivity contribution in [3.63, 3.8) is 0 Å². The SMILES string of the molecule is CCCCCCCCCCCCC#C[C@@H](O)[C@H]1O[C@H]1COc1ccc(OC)cc1. The molecule has 2 rings (SSSR count). The third kappa shape index (κ3) is 10.1. The molecule has 1 aliphatic heterocycles. The molecule has 1 aliphatic rings. The van der Waals surface area contributed by atoms with Crippen LogP contribution in [0.3, 0.4) is 0 Å². The number of methoxy groups -OCH3 is 1. The van der Waals surface area contributed by atoms with Gasteiger partial charge in [-0.2, -0.15) is 0 Å². The second-order valence-electron chi connectivity index (χ2n) is 7.82. The lowest BCUT2D eigenvalue weighted by molar-refractivity contribution is 0.184. The third-order valence-electron chi connectivity index (χ3n) is 5.31. The van der Waals surface area contributed by atoms with E-state index in [0.29, 0.717) is 6.61 Å². The standard InChI is InChI=1S/C25H38O4/c1-3-4-5-6-7-8-9-10-11-12-13-14-15-23(26)25-24(29-25)20-28-22-18-16-21(27-2)17-19-22/h16-19,23-26H,3-13,20H2,1-2H3/t23-,24+,25-/m1/s1. The Hall–Kier alpha value is -1.70. The van der Waals surface area contributed by atoms with Crippen LogP contribution in [-0.2, 0) is 4.74 Å². The minimum atomic E-state index is -0.720. The summed E-state index contributed by atoms with van der Waals surface area (Å²) < 4.78 is 16.3. The molecule has 0 aliphatic carbocycles. The van der Waals surface area contributed by atoms with E-state index in [9.17, 15) is 5.11 Å². The molecule has 0 bridgehead atoms. The molecule has 4 nitrogen and oxygen atoms in total. The summed E-state index contributed by atoms with van der Waals surface area (Å²) in [4.78, 5) is 0. The van der Waals surface area contributed by atoms with Gasteiger partial charge < -0.3 is 19.3 Å². The van der Waals surface area contributed by atoms with Crippen LogP contribution in [0.1, 0.15) is 77.6 Å². The lowest BCUT2D eigenvalue weighted by atomic mass is 10.1. The molecule has 1 saturated heterocycles. The van der Waals surface area contributed by atoms with Crippen molar-refractivity contribution in [3.8, 4) is 23.3 Å². The first-order valence-electron chi connectivity index (χ1n) is 11.3. The van der Waals surface area contributed by atoms with Gasteiger partial charge in [0.2, 0.25) is 0 Å². The van der Waals surface area contributed by atoms with Gasteiger partial charge >= 0.3 is 0 Å². The van der Waals surface area contributed by atoms with E-state index in [4.69, 9.17) is 14.2 Å². The molecule has 1 N–H and O–H groups in total. The Labute approximate surface area is 176 Å². The molecule has 0 aromatic heterocycles. The molecule has 0 unspecified atom stereocenters. The van der Waals surface area contributed by atoms with E-state index in [-0.39, 0.29) is 12.2 Å². The largest absolute Gasteiger partial charge is 0.497 e. The van der Waals surface area contributed by atoms with Crippen molar-refractivity contribution >= 4 is 0 Å². The van der Waals surface area contributed by atoms with Gasteiger partial charge in [0.25, 0.3) is 0 Å². The summed E-state index contributed by atoms with van der Waals surface area (Å²) in [6, 6.07) is 7.43. The van der Waals surface area contributed by atoms with Gasteiger partial charge in [-0.3, -0.25) is 0 Å². The molecule has 1 fully saturated rings. The topological polar surface area (TPSA) is 51.2 Å². The number of epoxide rings is 1. The quantitative estimate of drug-likeness (QED) is 0.238. The maximum Gasteiger partial charge on any atom is 0.143 e. The molecule has 4 heteroatoms. The van der Waals surface area contributed by atoms with Crippen LogP contribution in [0.5, 0.6) is 11.5 Å². The summed E-state index contributed by atoms with van der Waals surface area (Å²) >= 11 is 0. The summed E-state index contributed by atoms with van der Waals surface area (Å²) in [7, 11) is 1.64. The minimum absolute atomic E-state index is 0.0845. The van der Waals surface area contributed by atoms with Crippen molar-refractivity contribution in [1.82, 2.24) is 0 Å². The van der Waals surface area contributed by atoms with Crippen LogP contribution in [-0.4, -0.2) is 37.1 Å². The first-order valence-corrected chi connectivity index (χ1v) is 11.3. The predicted molar refractivity (Wildman–Crippen MR) is 117 cm³/mol. The van der Waals surface area contributed by atoms with E-state index in [1.54, 1.807) is 7.11 Å². The average Bonchev–Trinajstić information content (AvgIpc) is 3.53. The van der Waals surface area contributed by atoms with Crippen LogP contribution >= 0.6 is 0 Å². The fourth-order valence-electron chi connectivity index (χ4n) is 3.38. The monoisotopic (exact) mass is 402 g/mol. The number of hydrogen-bond donors (Lipinski definition) is 1. The highest BCUT2D eigenvalue weighted by Gasteiger charge is 2.44. The van der Waals surface area contributed by atoms with Gasteiger partial charge in [-0.25, -0.2) is 0 Å². The number of benzene rings is 1. The molecule has 162 valence electrons. The number of ether oxygens (including phenoxy) is 3. The Kier molecular flexibility index (Phi) is 11.6. The first kappa shape index (κ1) is 23.6. The van der Waals surface area contributed by atoms with Crippen LogP contribution < -0.4 is 9.47 Å². The van der Waals surface area contributed by atoms with E-state index in [0.717, 1.165) is 24.3 Å². The summed E-state index contributed by atoms with van der Waals surface area (Å²) in [5, 5.41) is 10.1. The van der Waals surface area contributed by atoms with Gasteiger partial charge in [0.1, 0.15) is 36.4 Å². The van der Waals surface area contributed by atoms with Gasteiger partial charge in [-0.1, -0.05) is 70.6 Å². The van der Waals surface area contributed by atoms with Gasteiger partial charge in [0.05, 0.1) is 7.11 Å². The van der Waals surface area contributed by atoms with Gasteiger partial charge in [0, 0.05) is 6.42 Å². The second kappa shape index (κ2) is 14.3. The van der Waals surface area contributed by atoms with E-state index in [1.807, 2.05) is 24.3 Å². The van der Waals surface area contributed by atoms with E-state index in [2.05, 4.69) is 18.8 Å². The second-order valence-corrected chi connectivity index (χ2v) is 7.82. The van der Waals surface area contributed by atoms with Crippen molar-refractivity contribution in [2.24, 2.45) is 0 Å². The predicted octanol–water partition coefficient (Wildman–Crippen LogP) is 5.52. The van der Waals surface area contributed by atoms with E-state index < -0.39 is 6.10 Å².